The lowest BCUT2D eigenvalue weighted by molar-refractivity contribution is -0.141. The fourth-order valence-electron chi connectivity index (χ4n) is 4.06. The van der Waals surface area contributed by atoms with Crippen molar-refractivity contribution in [1.29, 1.82) is 5.26 Å². The predicted octanol–water partition coefficient (Wildman–Crippen LogP) is 2.45. The summed E-state index contributed by atoms with van der Waals surface area (Å²) in [7, 11) is 1.59. The molecule has 0 bridgehead atoms. The molecule has 1 aliphatic carbocycles. The number of aryl methyl sites for hydroxylation is 1. The molecule has 3 rings (SSSR count). The van der Waals surface area contributed by atoms with Crippen LogP contribution in [0.1, 0.15) is 50.2 Å². The molecule has 1 N–H and O–H groups in total. The van der Waals surface area contributed by atoms with E-state index in [1.54, 1.807) is 26.1 Å². The highest BCUT2D eigenvalue weighted by Crippen LogP contribution is 2.33. The Morgan fingerprint density at radius 1 is 1.21 bits per heavy atom. The number of amides is 4. The molecule has 7 heteroatoms. The Bertz CT molecular complexity index is 836. The molecule has 2 aliphatic rings. The lowest BCUT2D eigenvalue weighted by Crippen LogP contribution is -2.53. The average Bonchev–Trinajstić information content (AvgIpc) is 2.92. The second kappa shape index (κ2) is 7.27. The van der Waals surface area contributed by atoms with Crippen molar-refractivity contribution in [3.63, 3.8) is 0 Å². The van der Waals surface area contributed by atoms with Gasteiger partial charge in [-0.2, -0.15) is 5.26 Å². The maximum absolute atomic E-state index is 13.0. The van der Waals surface area contributed by atoms with Crippen molar-refractivity contribution in [3.05, 3.63) is 35.4 Å². The number of likely N-dealkylation sites (N-methyl/N-ethyl adjacent to an activating group) is 1. The Morgan fingerprint density at radius 3 is 2.39 bits per heavy atom. The molecule has 7 nitrogen and oxygen atoms in total. The highest BCUT2D eigenvalue weighted by Gasteiger charge is 2.50. The summed E-state index contributed by atoms with van der Waals surface area (Å²) >= 11 is 0. The Morgan fingerprint density at radius 2 is 1.82 bits per heavy atom. The molecule has 0 unspecified atom stereocenters. The molecule has 0 radical (unpaired) electrons. The molecule has 4 amide bonds. The average molecular weight is 382 g/mol. The van der Waals surface area contributed by atoms with Gasteiger partial charge in [-0.05, 0) is 32.3 Å². The summed E-state index contributed by atoms with van der Waals surface area (Å²) in [5, 5.41) is 12.4. The maximum atomic E-state index is 13.0. The minimum atomic E-state index is -1.21. The van der Waals surface area contributed by atoms with Crippen molar-refractivity contribution >= 4 is 17.8 Å². The van der Waals surface area contributed by atoms with Crippen LogP contribution in [0, 0.1) is 18.3 Å². The Balaban J connectivity index is 1.78. The summed E-state index contributed by atoms with van der Waals surface area (Å²) in [6, 6.07) is 9.06. The number of nitrogens with zero attached hydrogens (tertiary/aromatic N) is 3. The van der Waals surface area contributed by atoms with Gasteiger partial charge in [-0.3, -0.25) is 14.5 Å². The van der Waals surface area contributed by atoms with E-state index in [-0.39, 0.29) is 6.54 Å². The van der Waals surface area contributed by atoms with Crippen LogP contribution in [0.25, 0.3) is 0 Å². The maximum Gasteiger partial charge on any atom is 0.325 e. The molecule has 1 atom stereocenters. The number of hydrogen-bond donors (Lipinski definition) is 1. The Kier molecular flexibility index (Phi) is 5.16. The largest absolute Gasteiger partial charge is 0.325 e. The second-order valence-electron chi connectivity index (χ2n) is 7.97. The molecule has 0 spiro atoms. The number of urea groups is 1. The van der Waals surface area contributed by atoms with Crippen molar-refractivity contribution in [2.75, 3.05) is 13.6 Å². The first-order valence-electron chi connectivity index (χ1n) is 9.63. The molecule has 1 saturated carbocycles. The number of benzene rings is 1. The molecule has 148 valence electrons. The van der Waals surface area contributed by atoms with E-state index in [4.69, 9.17) is 0 Å². The van der Waals surface area contributed by atoms with Crippen LogP contribution in [0.4, 0.5) is 4.79 Å². The number of nitriles is 1. The summed E-state index contributed by atoms with van der Waals surface area (Å²) in [6.07, 6.45) is 4.06. The first kappa shape index (κ1) is 19.9. The van der Waals surface area contributed by atoms with Gasteiger partial charge in [0, 0.05) is 7.05 Å². The van der Waals surface area contributed by atoms with E-state index in [9.17, 15) is 19.6 Å². The number of nitrogens with one attached hydrogen (secondary N) is 1. The zero-order chi connectivity index (χ0) is 20.5. The van der Waals surface area contributed by atoms with Crippen molar-refractivity contribution in [2.24, 2.45) is 0 Å². The topological polar surface area (TPSA) is 93.5 Å². The molecule has 1 saturated heterocycles. The van der Waals surface area contributed by atoms with Gasteiger partial charge in [0.05, 0.1) is 6.07 Å². The van der Waals surface area contributed by atoms with Crippen LogP contribution in [0.15, 0.2) is 24.3 Å². The molecule has 1 heterocycles. The number of rotatable bonds is 4. The van der Waals surface area contributed by atoms with Gasteiger partial charge in [0.2, 0.25) is 5.91 Å². The SMILES string of the molecule is Cc1ccc([C@@]2(C)NC(=O)N(CC(=O)N(C)C3(C#N)CCCCC3)C2=O)cc1. The lowest BCUT2D eigenvalue weighted by atomic mass is 9.81. The molecule has 1 aliphatic heterocycles. The first-order valence-corrected chi connectivity index (χ1v) is 9.63. The van der Waals surface area contributed by atoms with Crippen LogP contribution in [0.3, 0.4) is 0 Å². The number of carbonyl (C=O) groups excluding carboxylic acids is 3. The van der Waals surface area contributed by atoms with Gasteiger partial charge in [0.25, 0.3) is 5.91 Å². The van der Waals surface area contributed by atoms with Gasteiger partial charge in [-0.1, -0.05) is 49.1 Å². The van der Waals surface area contributed by atoms with Crippen molar-refractivity contribution in [1.82, 2.24) is 15.1 Å². The first-order chi connectivity index (χ1) is 13.2. The third-order valence-corrected chi connectivity index (χ3v) is 6.10. The highest BCUT2D eigenvalue weighted by molar-refractivity contribution is 6.09. The van der Waals surface area contributed by atoms with Gasteiger partial charge in [-0.15, -0.1) is 0 Å². The van der Waals surface area contributed by atoms with Crippen LogP contribution in [0.5, 0.6) is 0 Å². The summed E-state index contributed by atoms with van der Waals surface area (Å²) < 4.78 is 0. The molecule has 1 aromatic rings. The van der Waals surface area contributed by atoms with E-state index in [0.29, 0.717) is 18.4 Å². The van der Waals surface area contributed by atoms with E-state index in [2.05, 4.69) is 11.4 Å². The summed E-state index contributed by atoms with van der Waals surface area (Å²) in [5.74, 6) is -0.863. The monoisotopic (exact) mass is 382 g/mol. The van der Waals surface area contributed by atoms with E-state index in [1.807, 2.05) is 19.1 Å². The molecule has 28 heavy (non-hydrogen) atoms. The van der Waals surface area contributed by atoms with Crippen LogP contribution in [0.2, 0.25) is 0 Å². The Labute approximate surface area is 165 Å². The number of hydrogen-bond acceptors (Lipinski definition) is 4. The third kappa shape index (κ3) is 3.24. The zero-order valence-electron chi connectivity index (χ0n) is 16.6. The van der Waals surface area contributed by atoms with Gasteiger partial charge in [-0.25, -0.2) is 4.79 Å². The van der Waals surface area contributed by atoms with Crippen LogP contribution < -0.4 is 5.32 Å². The quantitative estimate of drug-likeness (QED) is 0.810. The fraction of sp³-hybridized carbons (Fsp3) is 0.524. The van der Waals surface area contributed by atoms with E-state index in [1.165, 1.54) is 4.90 Å². The van der Waals surface area contributed by atoms with Gasteiger partial charge in [0.1, 0.15) is 17.6 Å². The fourth-order valence-corrected chi connectivity index (χ4v) is 4.06. The van der Waals surface area contributed by atoms with Crippen LogP contribution in [-0.2, 0) is 15.1 Å². The normalized spacial score (nSPS) is 23.9. The predicted molar refractivity (Wildman–Crippen MR) is 103 cm³/mol. The minimum absolute atomic E-state index is 0.369. The summed E-state index contributed by atoms with van der Waals surface area (Å²) in [4.78, 5) is 40.7. The summed E-state index contributed by atoms with van der Waals surface area (Å²) in [5.41, 5.74) is -0.344. The second-order valence-corrected chi connectivity index (χ2v) is 7.97. The molecule has 1 aromatic carbocycles. The smallest absolute Gasteiger partial charge is 0.325 e. The highest BCUT2D eigenvalue weighted by atomic mass is 16.2. The minimum Gasteiger partial charge on any atom is -0.325 e. The summed E-state index contributed by atoms with van der Waals surface area (Å²) in [6.45, 7) is 3.22. The van der Waals surface area contributed by atoms with Crippen molar-refractivity contribution < 1.29 is 14.4 Å². The van der Waals surface area contributed by atoms with Crippen molar-refractivity contribution in [3.8, 4) is 6.07 Å². The van der Waals surface area contributed by atoms with Crippen molar-refractivity contribution in [2.45, 2.75) is 57.0 Å². The molecular weight excluding hydrogens is 356 g/mol. The molecular formula is C21H26N4O3. The number of carbonyl (C=O) groups is 3. The standard InChI is InChI=1S/C21H26N4O3/c1-15-7-9-16(10-8-15)20(2)18(27)25(19(28)23-20)13-17(26)24(3)21(14-22)11-5-4-6-12-21/h7-10H,4-6,11-13H2,1-3H3,(H,23,28)/t20-/m1/s1. The van der Waals surface area contributed by atoms with E-state index < -0.39 is 28.9 Å². The van der Waals surface area contributed by atoms with Gasteiger partial charge < -0.3 is 10.2 Å². The molecule has 0 aromatic heterocycles. The van der Waals surface area contributed by atoms with E-state index >= 15 is 0 Å². The van der Waals surface area contributed by atoms with Crippen LogP contribution >= 0.6 is 0 Å². The zero-order valence-corrected chi connectivity index (χ0v) is 16.6. The van der Waals surface area contributed by atoms with E-state index in [0.717, 1.165) is 29.7 Å². The van der Waals surface area contributed by atoms with Crippen LogP contribution in [-0.4, -0.2) is 46.8 Å². The molecule has 2 fully saturated rings. The third-order valence-electron chi connectivity index (χ3n) is 6.10. The number of imide groups is 1. The van der Waals surface area contributed by atoms with Gasteiger partial charge >= 0.3 is 6.03 Å². The Hall–Kier alpha value is -2.88. The lowest BCUT2D eigenvalue weighted by Gasteiger charge is -2.39. The van der Waals surface area contributed by atoms with Gasteiger partial charge in [0.15, 0.2) is 0 Å².